The van der Waals surface area contributed by atoms with Crippen molar-refractivity contribution in [2.24, 2.45) is 5.10 Å². The first-order valence-electron chi connectivity index (χ1n) is 9.09. The van der Waals surface area contributed by atoms with Gasteiger partial charge in [0, 0.05) is 0 Å². The number of ether oxygens (including phenoxy) is 2. The van der Waals surface area contributed by atoms with Gasteiger partial charge < -0.3 is 9.47 Å². The molecule has 1 atom stereocenters. The van der Waals surface area contributed by atoms with Crippen LogP contribution in [0.1, 0.15) is 12.5 Å². The van der Waals surface area contributed by atoms with E-state index in [2.05, 4.69) is 22.7 Å². The van der Waals surface area contributed by atoms with Gasteiger partial charge in [-0.05, 0) is 35.7 Å². The summed E-state index contributed by atoms with van der Waals surface area (Å²) in [5.41, 5.74) is 6.51. The lowest BCUT2D eigenvalue weighted by Crippen LogP contribution is -2.42. The van der Waals surface area contributed by atoms with Crippen LogP contribution in [0.15, 0.2) is 84.0 Å². The number of benzene rings is 3. The Morgan fingerprint density at radius 3 is 2.29 bits per heavy atom. The highest BCUT2D eigenvalue weighted by atomic mass is 16.6. The maximum atomic E-state index is 12.4. The number of amides is 1. The summed E-state index contributed by atoms with van der Waals surface area (Å²) in [7, 11) is 0. The highest BCUT2D eigenvalue weighted by Crippen LogP contribution is 2.30. The fourth-order valence-corrected chi connectivity index (χ4v) is 2.96. The number of hydrazone groups is 1. The van der Waals surface area contributed by atoms with E-state index >= 15 is 0 Å². The molecule has 3 aromatic carbocycles. The maximum absolute atomic E-state index is 12.4. The lowest BCUT2D eigenvalue weighted by molar-refractivity contribution is -0.130. The van der Waals surface area contributed by atoms with Crippen molar-refractivity contribution >= 4 is 11.6 Å². The summed E-state index contributed by atoms with van der Waals surface area (Å²) in [4.78, 5) is 12.4. The maximum Gasteiger partial charge on any atom is 0.284 e. The van der Waals surface area contributed by atoms with E-state index in [1.807, 2.05) is 67.6 Å². The molecule has 5 heteroatoms. The van der Waals surface area contributed by atoms with Crippen molar-refractivity contribution in [3.05, 3.63) is 84.4 Å². The first-order valence-corrected chi connectivity index (χ1v) is 9.09. The van der Waals surface area contributed by atoms with Crippen molar-refractivity contribution in [3.8, 4) is 22.6 Å². The predicted molar refractivity (Wildman–Crippen MR) is 109 cm³/mol. The average Bonchev–Trinajstić information content (AvgIpc) is 2.77. The summed E-state index contributed by atoms with van der Waals surface area (Å²) in [6, 6.07) is 25.5. The number of hydrogen-bond donors (Lipinski definition) is 1. The number of carbonyl (C=O) groups is 1. The molecule has 1 N–H and O–H groups in total. The molecule has 3 aromatic rings. The van der Waals surface area contributed by atoms with E-state index in [9.17, 15) is 4.79 Å². The summed E-state index contributed by atoms with van der Waals surface area (Å²) in [6.45, 7) is 2.01. The normalized spacial score (nSPS) is 15.8. The van der Waals surface area contributed by atoms with Crippen molar-refractivity contribution in [1.29, 1.82) is 0 Å². The molecular weight excluding hydrogens is 352 g/mol. The minimum absolute atomic E-state index is 0.156. The third kappa shape index (κ3) is 3.88. The van der Waals surface area contributed by atoms with Crippen LogP contribution in [-0.4, -0.2) is 24.3 Å². The molecule has 0 aromatic heterocycles. The largest absolute Gasteiger partial charge is 0.485 e. The molecule has 0 spiro atoms. The van der Waals surface area contributed by atoms with Crippen molar-refractivity contribution in [3.63, 3.8) is 0 Å². The molecule has 1 aliphatic rings. The van der Waals surface area contributed by atoms with E-state index in [0.29, 0.717) is 17.2 Å². The molecule has 28 heavy (non-hydrogen) atoms. The Balaban J connectivity index is 1.40. The molecule has 1 unspecified atom stereocenters. The van der Waals surface area contributed by atoms with Crippen molar-refractivity contribution in [2.75, 3.05) is 6.61 Å². The molecule has 1 heterocycles. The summed E-state index contributed by atoms with van der Waals surface area (Å²) >= 11 is 0. The second-order valence-corrected chi connectivity index (χ2v) is 6.48. The predicted octanol–water partition coefficient (Wildman–Crippen LogP) is 4.03. The van der Waals surface area contributed by atoms with Gasteiger partial charge >= 0.3 is 0 Å². The fourth-order valence-electron chi connectivity index (χ4n) is 2.96. The number of carbonyl (C=O) groups excluding carboxylic acids is 1. The molecule has 4 rings (SSSR count). The lowest BCUT2D eigenvalue weighted by atomic mass is 10.0. The van der Waals surface area contributed by atoms with Gasteiger partial charge in [0.1, 0.15) is 6.61 Å². The molecule has 0 fully saturated rings. The Morgan fingerprint density at radius 1 is 0.893 bits per heavy atom. The molecule has 0 aliphatic carbocycles. The number of nitrogens with zero attached hydrogens (tertiary/aromatic N) is 1. The Kier molecular flexibility index (Phi) is 5.06. The summed E-state index contributed by atoms with van der Waals surface area (Å²) in [5, 5.41) is 4.21. The van der Waals surface area contributed by atoms with Gasteiger partial charge in [-0.3, -0.25) is 4.79 Å². The zero-order valence-electron chi connectivity index (χ0n) is 15.5. The van der Waals surface area contributed by atoms with Crippen LogP contribution in [-0.2, 0) is 4.79 Å². The second kappa shape index (κ2) is 7.96. The Labute approximate surface area is 163 Å². The number of nitrogens with one attached hydrogen (secondary N) is 1. The van der Waals surface area contributed by atoms with Crippen LogP contribution in [0, 0.1) is 0 Å². The molecular formula is C23H20N2O3. The summed E-state index contributed by atoms with van der Waals surface area (Å²) in [6.07, 6.45) is -0.730. The van der Waals surface area contributed by atoms with Crippen molar-refractivity contribution < 1.29 is 14.3 Å². The van der Waals surface area contributed by atoms with Gasteiger partial charge in [-0.15, -0.1) is 0 Å². The number of fused-ring (bicyclic) bond motifs is 1. The van der Waals surface area contributed by atoms with Crippen LogP contribution in [0.3, 0.4) is 0 Å². The van der Waals surface area contributed by atoms with Gasteiger partial charge in [-0.1, -0.05) is 66.7 Å². The van der Waals surface area contributed by atoms with E-state index in [1.54, 1.807) is 6.07 Å². The van der Waals surface area contributed by atoms with Crippen molar-refractivity contribution in [2.45, 2.75) is 13.0 Å². The van der Waals surface area contributed by atoms with Crippen LogP contribution in [0.25, 0.3) is 11.1 Å². The minimum atomic E-state index is -0.730. The Bertz CT molecular complexity index is 998. The van der Waals surface area contributed by atoms with E-state index in [1.165, 1.54) is 0 Å². The smallest absolute Gasteiger partial charge is 0.284 e. The SMILES string of the molecule is C/C(=N\NC(=O)C1COc2ccccc2O1)c1ccc(-c2ccccc2)cc1. The van der Waals surface area contributed by atoms with E-state index in [4.69, 9.17) is 9.47 Å². The van der Waals surface area contributed by atoms with Crippen LogP contribution < -0.4 is 14.9 Å². The van der Waals surface area contributed by atoms with E-state index < -0.39 is 6.10 Å². The molecule has 0 saturated heterocycles. The standard InChI is InChI=1S/C23H20N2O3/c1-16(17-11-13-19(14-12-17)18-7-3-2-4-8-18)24-25-23(26)22-15-27-20-9-5-6-10-21(20)28-22/h2-14,22H,15H2,1H3,(H,25,26)/b24-16+. The second-order valence-electron chi connectivity index (χ2n) is 6.48. The van der Waals surface area contributed by atoms with Gasteiger partial charge in [0.2, 0.25) is 6.10 Å². The van der Waals surface area contributed by atoms with E-state index in [0.717, 1.165) is 16.7 Å². The molecule has 0 bridgehead atoms. The monoisotopic (exact) mass is 372 g/mol. The molecule has 0 saturated carbocycles. The van der Waals surface area contributed by atoms with Gasteiger partial charge in [0.25, 0.3) is 5.91 Å². The minimum Gasteiger partial charge on any atom is -0.485 e. The van der Waals surface area contributed by atoms with Crippen molar-refractivity contribution in [1.82, 2.24) is 5.43 Å². The van der Waals surface area contributed by atoms with Gasteiger partial charge in [-0.2, -0.15) is 5.10 Å². The molecule has 1 aliphatic heterocycles. The Hall–Kier alpha value is -3.60. The fraction of sp³-hybridized carbons (Fsp3) is 0.130. The third-order valence-electron chi connectivity index (χ3n) is 4.54. The number of hydrogen-bond acceptors (Lipinski definition) is 4. The number of rotatable bonds is 4. The third-order valence-corrected chi connectivity index (χ3v) is 4.54. The first-order chi connectivity index (χ1) is 13.7. The highest BCUT2D eigenvalue weighted by Gasteiger charge is 2.27. The topological polar surface area (TPSA) is 59.9 Å². The molecule has 0 radical (unpaired) electrons. The number of para-hydroxylation sites is 2. The molecule has 140 valence electrons. The van der Waals surface area contributed by atoms with Gasteiger partial charge in [0.15, 0.2) is 11.5 Å². The Morgan fingerprint density at radius 2 is 1.54 bits per heavy atom. The molecule has 5 nitrogen and oxygen atoms in total. The van der Waals surface area contributed by atoms with Gasteiger partial charge in [-0.25, -0.2) is 5.43 Å². The van der Waals surface area contributed by atoms with Crippen LogP contribution in [0.2, 0.25) is 0 Å². The average molecular weight is 372 g/mol. The highest BCUT2D eigenvalue weighted by molar-refractivity contribution is 5.99. The van der Waals surface area contributed by atoms with Crippen LogP contribution >= 0.6 is 0 Å². The van der Waals surface area contributed by atoms with E-state index in [-0.39, 0.29) is 12.5 Å². The summed E-state index contributed by atoms with van der Waals surface area (Å²) in [5.74, 6) is 0.866. The summed E-state index contributed by atoms with van der Waals surface area (Å²) < 4.78 is 11.3. The molecule has 1 amide bonds. The van der Waals surface area contributed by atoms with Crippen LogP contribution in [0.4, 0.5) is 0 Å². The zero-order valence-corrected chi connectivity index (χ0v) is 15.5. The first kappa shape index (κ1) is 17.8. The lowest BCUT2D eigenvalue weighted by Gasteiger charge is -2.24. The quantitative estimate of drug-likeness (QED) is 0.556. The zero-order chi connectivity index (χ0) is 19.3. The van der Waals surface area contributed by atoms with Crippen LogP contribution in [0.5, 0.6) is 11.5 Å². The van der Waals surface area contributed by atoms with Gasteiger partial charge in [0.05, 0.1) is 5.71 Å².